The molecule has 1 N–H and O–H groups in total. The maximum Gasteiger partial charge on any atom is 0.238 e. The lowest BCUT2D eigenvalue weighted by atomic mass is 10.0. The SMILES string of the molecule is C[C@@H]1CC(C(=O)N[C@@H](c2ccccc2)c2ccc(C3CC3)c(F)n2)N(C)C1. The maximum absolute atomic E-state index is 14.5. The van der Waals surface area contributed by atoms with Crippen molar-refractivity contribution >= 4 is 5.91 Å². The van der Waals surface area contributed by atoms with Crippen LogP contribution in [-0.4, -0.2) is 35.4 Å². The zero-order valence-electron chi connectivity index (χ0n) is 15.9. The molecule has 0 bridgehead atoms. The summed E-state index contributed by atoms with van der Waals surface area (Å²) in [5.41, 5.74) is 2.15. The Morgan fingerprint density at radius 2 is 1.96 bits per heavy atom. The van der Waals surface area contributed by atoms with Crippen molar-refractivity contribution in [1.82, 2.24) is 15.2 Å². The van der Waals surface area contributed by atoms with Crippen LogP contribution in [0.4, 0.5) is 4.39 Å². The third-order valence-electron chi connectivity index (χ3n) is 5.69. The summed E-state index contributed by atoms with van der Waals surface area (Å²) in [5.74, 6) is 0.375. The van der Waals surface area contributed by atoms with Gasteiger partial charge in [-0.1, -0.05) is 43.3 Å². The second-order valence-corrected chi connectivity index (χ2v) is 8.04. The van der Waals surface area contributed by atoms with Crippen LogP contribution in [0.2, 0.25) is 0 Å². The molecule has 2 aromatic rings. The molecule has 1 aliphatic carbocycles. The molecule has 0 spiro atoms. The second-order valence-electron chi connectivity index (χ2n) is 8.04. The summed E-state index contributed by atoms with van der Waals surface area (Å²) in [4.78, 5) is 19.3. The Labute approximate surface area is 159 Å². The van der Waals surface area contributed by atoms with Gasteiger partial charge in [0, 0.05) is 12.1 Å². The summed E-state index contributed by atoms with van der Waals surface area (Å²) in [5, 5.41) is 3.12. The molecule has 4 rings (SSSR count). The number of pyridine rings is 1. The minimum absolute atomic E-state index is 0.0239. The average Bonchev–Trinajstić information content (AvgIpc) is 3.44. The smallest absolute Gasteiger partial charge is 0.238 e. The van der Waals surface area contributed by atoms with Crippen molar-refractivity contribution in [2.45, 2.75) is 44.2 Å². The summed E-state index contributed by atoms with van der Waals surface area (Å²) in [6, 6.07) is 12.8. The molecule has 2 fully saturated rings. The highest BCUT2D eigenvalue weighted by Gasteiger charge is 2.34. The Balaban J connectivity index is 1.62. The minimum atomic E-state index is -0.453. The Hall–Kier alpha value is -2.27. The Morgan fingerprint density at radius 1 is 1.22 bits per heavy atom. The van der Waals surface area contributed by atoms with E-state index in [1.165, 1.54) is 0 Å². The molecule has 0 radical (unpaired) electrons. The molecule has 4 nitrogen and oxygen atoms in total. The van der Waals surface area contributed by atoms with Crippen LogP contribution >= 0.6 is 0 Å². The first-order valence-corrected chi connectivity index (χ1v) is 9.75. The summed E-state index contributed by atoms with van der Waals surface area (Å²) in [6.07, 6.45) is 2.90. The number of hydrogen-bond acceptors (Lipinski definition) is 3. The molecule has 3 atom stereocenters. The largest absolute Gasteiger partial charge is 0.342 e. The average molecular weight is 367 g/mol. The van der Waals surface area contributed by atoms with E-state index in [-0.39, 0.29) is 11.9 Å². The number of likely N-dealkylation sites (tertiary alicyclic amines) is 1. The highest BCUT2D eigenvalue weighted by atomic mass is 19.1. The van der Waals surface area contributed by atoms with Gasteiger partial charge in [0.1, 0.15) is 0 Å². The van der Waals surface area contributed by atoms with Gasteiger partial charge < -0.3 is 5.32 Å². The molecule has 2 aliphatic rings. The standard InChI is InChI=1S/C22H26FN3O/c1-14-12-19(26(2)13-14)22(27)25-20(16-6-4-3-5-7-16)18-11-10-17(15-8-9-15)21(23)24-18/h3-7,10-11,14-15,19-20H,8-9,12-13H2,1-2H3,(H,25,27)/t14-,19?,20+/m1/s1. The van der Waals surface area contributed by atoms with Crippen LogP contribution in [0.15, 0.2) is 42.5 Å². The molecule has 5 heteroatoms. The molecule has 1 amide bonds. The molecule has 27 heavy (non-hydrogen) atoms. The van der Waals surface area contributed by atoms with Gasteiger partial charge in [0.15, 0.2) is 0 Å². The van der Waals surface area contributed by atoms with Gasteiger partial charge in [-0.2, -0.15) is 4.39 Å². The van der Waals surface area contributed by atoms with E-state index in [1.807, 2.05) is 49.5 Å². The lowest BCUT2D eigenvalue weighted by Gasteiger charge is -2.24. The lowest BCUT2D eigenvalue weighted by molar-refractivity contribution is -0.125. The molecule has 1 aromatic heterocycles. The van der Waals surface area contributed by atoms with Crippen LogP contribution in [0.3, 0.4) is 0 Å². The third-order valence-corrected chi connectivity index (χ3v) is 5.69. The Kier molecular flexibility index (Phi) is 4.96. The van der Waals surface area contributed by atoms with Crippen molar-refractivity contribution < 1.29 is 9.18 Å². The van der Waals surface area contributed by atoms with Crippen molar-refractivity contribution in [2.24, 2.45) is 5.92 Å². The number of carbonyl (C=O) groups excluding carboxylic acids is 1. The summed E-state index contributed by atoms with van der Waals surface area (Å²) < 4.78 is 14.5. The lowest BCUT2D eigenvalue weighted by Crippen LogP contribution is -2.43. The van der Waals surface area contributed by atoms with E-state index in [1.54, 1.807) is 0 Å². The number of likely N-dealkylation sites (N-methyl/N-ethyl adjacent to an activating group) is 1. The Bertz CT molecular complexity index is 822. The molecular weight excluding hydrogens is 341 g/mol. The summed E-state index contributed by atoms with van der Waals surface area (Å²) in [6.45, 7) is 3.07. The number of amides is 1. The number of rotatable bonds is 5. The molecule has 1 aromatic carbocycles. The van der Waals surface area contributed by atoms with Crippen LogP contribution < -0.4 is 5.32 Å². The topological polar surface area (TPSA) is 45.2 Å². The van der Waals surface area contributed by atoms with Gasteiger partial charge in [0.25, 0.3) is 0 Å². The molecule has 1 unspecified atom stereocenters. The zero-order chi connectivity index (χ0) is 19.0. The highest BCUT2D eigenvalue weighted by molar-refractivity contribution is 5.82. The van der Waals surface area contributed by atoms with Crippen molar-refractivity contribution in [1.29, 1.82) is 0 Å². The zero-order valence-corrected chi connectivity index (χ0v) is 15.9. The van der Waals surface area contributed by atoms with Gasteiger partial charge in [0.05, 0.1) is 17.8 Å². The van der Waals surface area contributed by atoms with Gasteiger partial charge in [-0.3, -0.25) is 9.69 Å². The minimum Gasteiger partial charge on any atom is -0.342 e. The van der Waals surface area contributed by atoms with E-state index < -0.39 is 12.0 Å². The van der Waals surface area contributed by atoms with Gasteiger partial charge in [-0.25, -0.2) is 4.98 Å². The van der Waals surface area contributed by atoms with E-state index in [0.717, 1.165) is 31.4 Å². The number of nitrogens with one attached hydrogen (secondary N) is 1. The molecule has 1 saturated carbocycles. The van der Waals surface area contributed by atoms with Crippen molar-refractivity contribution in [2.75, 3.05) is 13.6 Å². The van der Waals surface area contributed by atoms with Crippen LogP contribution in [0.25, 0.3) is 0 Å². The van der Waals surface area contributed by atoms with E-state index in [0.29, 0.717) is 23.1 Å². The van der Waals surface area contributed by atoms with Crippen LogP contribution in [0.1, 0.15) is 55.0 Å². The number of benzene rings is 1. The normalized spacial score (nSPS) is 24.0. The summed E-state index contributed by atoms with van der Waals surface area (Å²) >= 11 is 0. The quantitative estimate of drug-likeness (QED) is 0.821. The molecular formula is C22H26FN3O. The van der Waals surface area contributed by atoms with Gasteiger partial charge in [-0.15, -0.1) is 0 Å². The maximum atomic E-state index is 14.5. The van der Waals surface area contributed by atoms with Crippen molar-refractivity contribution in [3.8, 4) is 0 Å². The fourth-order valence-electron chi connectivity index (χ4n) is 4.09. The fourth-order valence-corrected chi connectivity index (χ4v) is 4.09. The fraction of sp³-hybridized carbons (Fsp3) is 0.455. The summed E-state index contributed by atoms with van der Waals surface area (Å²) in [7, 11) is 1.98. The second kappa shape index (κ2) is 7.39. The van der Waals surface area contributed by atoms with Crippen LogP contribution in [-0.2, 0) is 4.79 Å². The number of hydrogen-bond donors (Lipinski definition) is 1. The predicted molar refractivity (Wildman–Crippen MR) is 103 cm³/mol. The van der Waals surface area contributed by atoms with Crippen LogP contribution in [0, 0.1) is 11.9 Å². The first kappa shape index (κ1) is 18.1. The van der Waals surface area contributed by atoms with E-state index >= 15 is 0 Å². The number of halogens is 1. The predicted octanol–water partition coefficient (Wildman–Crippen LogP) is 3.64. The number of carbonyl (C=O) groups is 1. The third kappa shape index (κ3) is 3.88. The first-order valence-electron chi connectivity index (χ1n) is 9.75. The van der Waals surface area contributed by atoms with Crippen LogP contribution in [0.5, 0.6) is 0 Å². The molecule has 1 saturated heterocycles. The van der Waals surface area contributed by atoms with E-state index in [2.05, 4.69) is 22.1 Å². The van der Waals surface area contributed by atoms with Gasteiger partial charge in [0.2, 0.25) is 11.9 Å². The first-order chi connectivity index (χ1) is 13.0. The van der Waals surface area contributed by atoms with E-state index in [4.69, 9.17) is 0 Å². The van der Waals surface area contributed by atoms with Crippen molar-refractivity contribution in [3.63, 3.8) is 0 Å². The van der Waals surface area contributed by atoms with Gasteiger partial charge in [-0.05, 0) is 49.8 Å². The number of aromatic nitrogens is 1. The Morgan fingerprint density at radius 3 is 2.56 bits per heavy atom. The van der Waals surface area contributed by atoms with E-state index in [9.17, 15) is 9.18 Å². The molecule has 2 heterocycles. The molecule has 142 valence electrons. The molecule has 1 aliphatic heterocycles. The monoisotopic (exact) mass is 367 g/mol. The number of nitrogens with zero attached hydrogens (tertiary/aromatic N) is 2. The highest BCUT2D eigenvalue weighted by Crippen LogP contribution is 2.41. The van der Waals surface area contributed by atoms with Gasteiger partial charge >= 0.3 is 0 Å². The van der Waals surface area contributed by atoms with Crippen molar-refractivity contribution in [3.05, 3.63) is 65.2 Å².